The average Bonchev–Trinajstić information content (AvgIpc) is 2.79. The van der Waals surface area contributed by atoms with Crippen LogP contribution in [0.15, 0.2) is 48.7 Å². The van der Waals surface area contributed by atoms with Crippen LogP contribution >= 0.6 is 7.60 Å². The average molecular weight is 275 g/mol. The van der Waals surface area contributed by atoms with E-state index < -0.39 is 7.60 Å². The fraction of sp³-hybridized carbons (Fsp3) is 0.143. The lowest BCUT2D eigenvalue weighted by atomic mass is 10.1. The minimum Gasteiger partial charge on any atom is -0.347 e. The van der Waals surface area contributed by atoms with Gasteiger partial charge < -0.3 is 14.4 Å². The van der Waals surface area contributed by atoms with E-state index in [-0.39, 0.29) is 6.16 Å². The van der Waals surface area contributed by atoms with Crippen molar-refractivity contribution in [2.75, 3.05) is 6.16 Å². The van der Waals surface area contributed by atoms with Gasteiger partial charge in [0.05, 0.1) is 6.16 Å². The molecule has 0 unspecified atom stereocenters. The second kappa shape index (κ2) is 4.49. The summed E-state index contributed by atoms with van der Waals surface area (Å²) < 4.78 is 12.8. The molecule has 0 fully saturated rings. The number of aromatic nitrogens is 1. The molecule has 3 aromatic rings. The van der Waals surface area contributed by atoms with E-state index in [2.05, 4.69) is 12.1 Å². The zero-order chi connectivity index (χ0) is 13.5. The van der Waals surface area contributed by atoms with E-state index in [1.807, 2.05) is 41.1 Å². The molecule has 0 amide bonds. The van der Waals surface area contributed by atoms with Crippen molar-refractivity contribution in [1.82, 2.24) is 4.57 Å². The second-order valence-corrected chi connectivity index (χ2v) is 6.39. The Kier molecular flexibility index (Phi) is 2.94. The molecule has 0 atom stereocenters. The predicted octanol–water partition coefficient (Wildman–Crippen LogP) is 2.97. The van der Waals surface area contributed by atoms with Gasteiger partial charge in [0.25, 0.3) is 0 Å². The molecule has 4 nitrogen and oxygen atoms in total. The van der Waals surface area contributed by atoms with Crippen LogP contribution in [-0.4, -0.2) is 20.5 Å². The summed E-state index contributed by atoms with van der Waals surface area (Å²) in [5.74, 6) is 0. The molecular formula is C14H14NO3P. The van der Waals surface area contributed by atoms with Crippen LogP contribution in [0, 0.1) is 0 Å². The molecule has 0 aliphatic rings. The van der Waals surface area contributed by atoms with Gasteiger partial charge in [-0.15, -0.1) is 0 Å². The summed E-state index contributed by atoms with van der Waals surface area (Å²) in [4.78, 5) is 17.9. The van der Waals surface area contributed by atoms with Gasteiger partial charge in [-0.25, -0.2) is 0 Å². The molecule has 98 valence electrons. The first-order valence-electron chi connectivity index (χ1n) is 6.06. The molecule has 0 aliphatic carbocycles. The third-order valence-corrected chi connectivity index (χ3v) is 4.09. The highest BCUT2D eigenvalue weighted by Crippen LogP contribution is 2.35. The van der Waals surface area contributed by atoms with Crippen molar-refractivity contribution in [2.45, 2.75) is 6.54 Å². The first-order chi connectivity index (χ1) is 9.04. The van der Waals surface area contributed by atoms with Crippen molar-refractivity contribution >= 4 is 29.3 Å². The largest absolute Gasteiger partial charge is 0.347 e. The Morgan fingerprint density at radius 1 is 1.00 bits per heavy atom. The molecule has 2 N–H and O–H groups in total. The molecule has 0 radical (unpaired) electrons. The fourth-order valence-corrected chi connectivity index (χ4v) is 2.86. The smallest absolute Gasteiger partial charge is 0.327 e. The molecular weight excluding hydrogens is 261 g/mol. The maximum atomic E-state index is 11.0. The van der Waals surface area contributed by atoms with Gasteiger partial charge in [-0.2, -0.15) is 0 Å². The van der Waals surface area contributed by atoms with Gasteiger partial charge in [-0.1, -0.05) is 30.3 Å². The standard InChI is InChI=1S/C14H14NO3P/c16-19(17,18)10-9-15-8-7-13-12-4-2-1-3-11(12)5-6-14(13)15/h1-8H,9-10H2,(H2,16,17,18). The highest BCUT2D eigenvalue weighted by molar-refractivity contribution is 7.51. The van der Waals surface area contributed by atoms with E-state index in [0.717, 1.165) is 16.3 Å². The third kappa shape index (κ3) is 2.43. The van der Waals surface area contributed by atoms with Gasteiger partial charge in [0, 0.05) is 23.6 Å². The van der Waals surface area contributed by atoms with Gasteiger partial charge in [0.1, 0.15) is 0 Å². The molecule has 0 saturated carbocycles. The lowest BCUT2D eigenvalue weighted by molar-refractivity contribution is 0.370. The topological polar surface area (TPSA) is 62.5 Å². The van der Waals surface area contributed by atoms with Gasteiger partial charge >= 0.3 is 7.60 Å². The fourth-order valence-electron chi connectivity index (χ4n) is 2.39. The number of nitrogens with zero attached hydrogens (tertiary/aromatic N) is 1. The Morgan fingerprint density at radius 2 is 1.79 bits per heavy atom. The Bertz CT molecular complexity index is 788. The molecule has 19 heavy (non-hydrogen) atoms. The van der Waals surface area contributed by atoms with Crippen LogP contribution in [0.1, 0.15) is 0 Å². The molecule has 1 heterocycles. The molecule has 0 aliphatic heterocycles. The maximum Gasteiger partial charge on any atom is 0.327 e. The number of aryl methyl sites for hydroxylation is 1. The number of rotatable bonds is 3. The molecule has 2 aromatic carbocycles. The van der Waals surface area contributed by atoms with Crippen molar-refractivity contribution < 1.29 is 14.4 Å². The lowest BCUT2D eigenvalue weighted by Gasteiger charge is -2.07. The Morgan fingerprint density at radius 3 is 2.58 bits per heavy atom. The van der Waals surface area contributed by atoms with Crippen LogP contribution < -0.4 is 0 Å². The lowest BCUT2D eigenvalue weighted by Crippen LogP contribution is -2.01. The molecule has 0 bridgehead atoms. The van der Waals surface area contributed by atoms with Crippen molar-refractivity contribution in [1.29, 1.82) is 0 Å². The molecule has 0 spiro atoms. The predicted molar refractivity (Wildman–Crippen MR) is 76.4 cm³/mol. The van der Waals surface area contributed by atoms with Gasteiger partial charge in [-0.3, -0.25) is 4.57 Å². The summed E-state index contributed by atoms with van der Waals surface area (Å²) in [6.45, 7) is 0.326. The summed E-state index contributed by atoms with van der Waals surface area (Å²) in [5, 5.41) is 3.45. The van der Waals surface area contributed by atoms with E-state index in [9.17, 15) is 4.57 Å². The van der Waals surface area contributed by atoms with Crippen LogP contribution in [0.25, 0.3) is 21.7 Å². The van der Waals surface area contributed by atoms with Crippen molar-refractivity contribution in [3.63, 3.8) is 0 Å². The van der Waals surface area contributed by atoms with E-state index in [1.54, 1.807) is 0 Å². The van der Waals surface area contributed by atoms with Gasteiger partial charge in [0.15, 0.2) is 0 Å². The van der Waals surface area contributed by atoms with Crippen LogP contribution in [0.5, 0.6) is 0 Å². The SMILES string of the molecule is O=P(O)(O)CCn1ccc2c3ccccc3ccc21. The Balaban J connectivity index is 2.09. The van der Waals surface area contributed by atoms with E-state index in [4.69, 9.17) is 9.79 Å². The summed E-state index contributed by atoms with van der Waals surface area (Å²) in [5.41, 5.74) is 1.01. The molecule has 1 aromatic heterocycles. The van der Waals surface area contributed by atoms with Gasteiger partial charge in [-0.05, 0) is 22.9 Å². The van der Waals surface area contributed by atoms with Crippen molar-refractivity contribution in [3.8, 4) is 0 Å². The van der Waals surface area contributed by atoms with Crippen molar-refractivity contribution in [3.05, 3.63) is 48.7 Å². The van der Waals surface area contributed by atoms with Crippen LogP contribution in [0.2, 0.25) is 0 Å². The monoisotopic (exact) mass is 275 g/mol. The highest BCUT2D eigenvalue weighted by atomic mass is 31.2. The first-order valence-corrected chi connectivity index (χ1v) is 7.85. The van der Waals surface area contributed by atoms with Crippen molar-refractivity contribution in [2.24, 2.45) is 0 Å². The molecule has 0 saturated heterocycles. The summed E-state index contributed by atoms with van der Waals surface area (Å²) in [6.07, 6.45) is 1.75. The normalized spacial score (nSPS) is 12.3. The Hall–Kier alpha value is -1.61. The third-order valence-electron chi connectivity index (χ3n) is 3.31. The second-order valence-electron chi connectivity index (χ2n) is 4.62. The zero-order valence-electron chi connectivity index (χ0n) is 10.2. The van der Waals surface area contributed by atoms with Crippen LogP contribution in [0.3, 0.4) is 0 Å². The van der Waals surface area contributed by atoms with Gasteiger partial charge in [0.2, 0.25) is 0 Å². The van der Waals surface area contributed by atoms with Crippen LogP contribution in [0.4, 0.5) is 0 Å². The highest BCUT2D eigenvalue weighted by Gasteiger charge is 2.13. The maximum absolute atomic E-state index is 11.0. The first kappa shape index (κ1) is 12.4. The molecule has 3 rings (SSSR count). The number of fused-ring (bicyclic) bond motifs is 3. The minimum atomic E-state index is -3.95. The number of benzene rings is 2. The van der Waals surface area contributed by atoms with E-state index in [0.29, 0.717) is 6.54 Å². The number of hydrogen-bond donors (Lipinski definition) is 2. The Labute approximate surface area is 110 Å². The molecule has 5 heteroatoms. The van der Waals surface area contributed by atoms with E-state index >= 15 is 0 Å². The van der Waals surface area contributed by atoms with Crippen LogP contribution in [-0.2, 0) is 11.1 Å². The van der Waals surface area contributed by atoms with E-state index in [1.165, 1.54) is 5.39 Å². The number of hydrogen-bond acceptors (Lipinski definition) is 1. The zero-order valence-corrected chi connectivity index (χ0v) is 11.1. The summed E-state index contributed by atoms with van der Waals surface area (Å²) >= 11 is 0. The summed E-state index contributed by atoms with van der Waals surface area (Å²) in [7, 11) is -3.95. The minimum absolute atomic E-state index is 0.135. The quantitative estimate of drug-likeness (QED) is 0.722. The summed E-state index contributed by atoms with van der Waals surface area (Å²) in [6, 6.07) is 14.1.